The van der Waals surface area contributed by atoms with Crippen LogP contribution in [-0.2, 0) is 0 Å². The van der Waals surface area contributed by atoms with Gasteiger partial charge in [0.2, 0.25) is 0 Å². The van der Waals surface area contributed by atoms with Crippen molar-refractivity contribution in [1.82, 2.24) is 4.90 Å². The molecule has 21 heavy (non-hydrogen) atoms. The second-order valence-electron chi connectivity index (χ2n) is 6.24. The number of amides is 1. The van der Waals surface area contributed by atoms with E-state index >= 15 is 0 Å². The normalized spacial score (nSPS) is 15.7. The summed E-state index contributed by atoms with van der Waals surface area (Å²) in [6, 6.07) is 4.95. The number of carbonyl (C=O) groups excluding carboxylic acids is 1. The molecule has 1 amide bonds. The summed E-state index contributed by atoms with van der Waals surface area (Å²) in [5.74, 6) is -0.0639. The van der Waals surface area contributed by atoms with Gasteiger partial charge in [-0.2, -0.15) is 0 Å². The molecule has 0 atom stereocenters. The highest BCUT2D eigenvalue weighted by Crippen LogP contribution is 2.27. The van der Waals surface area contributed by atoms with Crippen molar-refractivity contribution in [2.24, 2.45) is 5.92 Å². The predicted molar refractivity (Wildman–Crippen MR) is 86.8 cm³/mol. The van der Waals surface area contributed by atoms with Gasteiger partial charge < -0.3 is 4.90 Å². The van der Waals surface area contributed by atoms with Crippen LogP contribution in [0.15, 0.2) is 22.7 Å². The minimum absolute atomic E-state index is 0.160. The van der Waals surface area contributed by atoms with Gasteiger partial charge in [-0.05, 0) is 43.4 Å². The fourth-order valence-corrected chi connectivity index (χ4v) is 3.21. The number of rotatable bonds is 5. The minimum atomic E-state index is -0.443. The Balaban J connectivity index is 2.19. The molecule has 0 spiro atoms. The molecule has 0 aromatic heterocycles. The first-order valence-electron chi connectivity index (χ1n) is 7.75. The van der Waals surface area contributed by atoms with Crippen LogP contribution >= 0.6 is 15.9 Å². The highest BCUT2D eigenvalue weighted by molar-refractivity contribution is 9.10. The van der Waals surface area contributed by atoms with Crippen molar-refractivity contribution in [2.75, 3.05) is 6.54 Å². The lowest BCUT2D eigenvalue weighted by Gasteiger charge is -2.30. The molecule has 2 nitrogen and oxygen atoms in total. The van der Waals surface area contributed by atoms with Gasteiger partial charge in [-0.3, -0.25) is 4.79 Å². The fourth-order valence-electron chi connectivity index (χ4n) is 2.88. The van der Waals surface area contributed by atoms with Gasteiger partial charge in [0.15, 0.2) is 0 Å². The van der Waals surface area contributed by atoms with Gasteiger partial charge in [-0.15, -0.1) is 0 Å². The highest BCUT2D eigenvalue weighted by atomic mass is 79.9. The third-order valence-corrected chi connectivity index (χ3v) is 4.63. The molecular weight excluding hydrogens is 333 g/mol. The molecule has 0 aliphatic heterocycles. The topological polar surface area (TPSA) is 20.3 Å². The first-order chi connectivity index (χ1) is 9.99. The Morgan fingerprint density at radius 1 is 1.38 bits per heavy atom. The van der Waals surface area contributed by atoms with Crippen LogP contribution in [-0.4, -0.2) is 23.4 Å². The molecule has 0 bridgehead atoms. The molecule has 2 rings (SSSR count). The average molecular weight is 356 g/mol. The first-order valence-corrected chi connectivity index (χ1v) is 8.54. The smallest absolute Gasteiger partial charge is 0.257 e. The Morgan fingerprint density at radius 3 is 2.62 bits per heavy atom. The number of nitrogens with zero attached hydrogens (tertiary/aromatic N) is 1. The van der Waals surface area contributed by atoms with Crippen molar-refractivity contribution in [3.05, 3.63) is 34.1 Å². The lowest BCUT2D eigenvalue weighted by atomic mass is 10.1. The molecule has 0 heterocycles. The molecule has 1 fully saturated rings. The molecule has 1 aromatic rings. The number of benzene rings is 1. The second-order valence-corrected chi connectivity index (χ2v) is 7.16. The summed E-state index contributed by atoms with van der Waals surface area (Å²) in [7, 11) is 0. The van der Waals surface area contributed by atoms with Crippen LogP contribution in [0, 0.1) is 11.7 Å². The van der Waals surface area contributed by atoms with Crippen LogP contribution in [0.2, 0.25) is 0 Å². The molecule has 1 saturated carbocycles. The van der Waals surface area contributed by atoms with Crippen molar-refractivity contribution >= 4 is 21.8 Å². The van der Waals surface area contributed by atoms with Gasteiger partial charge in [0, 0.05) is 17.1 Å². The lowest BCUT2D eigenvalue weighted by Crippen LogP contribution is -2.40. The van der Waals surface area contributed by atoms with E-state index in [9.17, 15) is 9.18 Å². The van der Waals surface area contributed by atoms with E-state index < -0.39 is 5.82 Å². The van der Waals surface area contributed by atoms with Crippen LogP contribution in [0.5, 0.6) is 0 Å². The summed E-state index contributed by atoms with van der Waals surface area (Å²) in [5.41, 5.74) is 0.189. The number of halogens is 2. The maximum absolute atomic E-state index is 14.1. The highest BCUT2D eigenvalue weighted by Gasteiger charge is 2.28. The van der Waals surface area contributed by atoms with E-state index in [-0.39, 0.29) is 17.5 Å². The number of hydrogen-bond acceptors (Lipinski definition) is 1. The summed E-state index contributed by atoms with van der Waals surface area (Å²) in [4.78, 5) is 14.6. The average Bonchev–Trinajstić information content (AvgIpc) is 2.92. The van der Waals surface area contributed by atoms with E-state index in [1.54, 1.807) is 12.1 Å². The summed E-state index contributed by atoms with van der Waals surface area (Å²) < 4.78 is 14.7. The fraction of sp³-hybridized carbons (Fsp3) is 0.588. The Hall–Kier alpha value is -0.900. The maximum Gasteiger partial charge on any atom is 0.257 e. The Labute approximate surface area is 134 Å². The zero-order valence-corrected chi connectivity index (χ0v) is 14.3. The summed E-state index contributed by atoms with van der Waals surface area (Å²) >= 11 is 3.23. The van der Waals surface area contributed by atoms with E-state index in [1.807, 2.05) is 4.90 Å². The van der Waals surface area contributed by atoms with Gasteiger partial charge in [-0.25, -0.2) is 4.39 Å². The van der Waals surface area contributed by atoms with Gasteiger partial charge in [-0.1, -0.05) is 42.6 Å². The molecule has 1 aliphatic rings. The van der Waals surface area contributed by atoms with E-state index in [2.05, 4.69) is 29.8 Å². The van der Waals surface area contributed by atoms with E-state index in [0.717, 1.165) is 25.8 Å². The summed E-state index contributed by atoms with van der Waals surface area (Å²) in [5, 5.41) is 0. The van der Waals surface area contributed by atoms with Crippen molar-refractivity contribution in [2.45, 2.75) is 52.0 Å². The number of carbonyl (C=O) groups is 1. The molecule has 0 unspecified atom stereocenters. The maximum atomic E-state index is 14.1. The van der Waals surface area contributed by atoms with Gasteiger partial charge in [0.25, 0.3) is 5.91 Å². The Bertz CT molecular complexity index is 498. The van der Waals surface area contributed by atoms with E-state index in [4.69, 9.17) is 0 Å². The first kappa shape index (κ1) is 16.5. The van der Waals surface area contributed by atoms with E-state index in [0.29, 0.717) is 10.4 Å². The SMILES string of the molecule is CC(C)CCN(C(=O)c1ccc(Br)cc1F)C1CCCC1. The molecule has 0 N–H and O–H groups in total. The van der Waals surface area contributed by atoms with Crippen LogP contribution in [0.4, 0.5) is 4.39 Å². The summed E-state index contributed by atoms with van der Waals surface area (Å²) in [6.45, 7) is 5.02. The van der Waals surface area contributed by atoms with Crippen molar-refractivity contribution in [1.29, 1.82) is 0 Å². The molecule has 0 saturated heterocycles. The Morgan fingerprint density at radius 2 is 2.05 bits per heavy atom. The largest absolute Gasteiger partial charge is 0.336 e. The molecule has 116 valence electrons. The van der Waals surface area contributed by atoms with Crippen molar-refractivity contribution < 1.29 is 9.18 Å². The standard InChI is InChI=1S/C17H23BrFNO/c1-12(2)9-10-20(14-5-3-4-6-14)17(21)15-8-7-13(18)11-16(15)19/h7-8,11-12,14H,3-6,9-10H2,1-2H3. The second kappa shape index (κ2) is 7.39. The predicted octanol–water partition coefficient (Wildman–Crippen LogP) is 5.02. The third kappa shape index (κ3) is 4.29. The van der Waals surface area contributed by atoms with Gasteiger partial charge in [0.05, 0.1) is 5.56 Å². The van der Waals surface area contributed by atoms with Crippen LogP contribution in [0.3, 0.4) is 0 Å². The zero-order valence-electron chi connectivity index (χ0n) is 12.7. The van der Waals surface area contributed by atoms with Crippen LogP contribution < -0.4 is 0 Å². The molecule has 1 aromatic carbocycles. The van der Waals surface area contributed by atoms with E-state index in [1.165, 1.54) is 18.9 Å². The van der Waals surface area contributed by atoms with Crippen molar-refractivity contribution in [3.63, 3.8) is 0 Å². The van der Waals surface area contributed by atoms with Crippen molar-refractivity contribution in [3.8, 4) is 0 Å². The van der Waals surface area contributed by atoms with Crippen LogP contribution in [0.1, 0.15) is 56.3 Å². The monoisotopic (exact) mass is 355 g/mol. The Kier molecular flexibility index (Phi) is 5.80. The van der Waals surface area contributed by atoms with Gasteiger partial charge >= 0.3 is 0 Å². The molecule has 4 heteroatoms. The minimum Gasteiger partial charge on any atom is -0.336 e. The summed E-state index contributed by atoms with van der Waals surface area (Å²) in [6.07, 6.45) is 5.38. The number of hydrogen-bond donors (Lipinski definition) is 0. The molecule has 0 radical (unpaired) electrons. The van der Waals surface area contributed by atoms with Gasteiger partial charge in [0.1, 0.15) is 5.82 Å². The third-order valence-electron chi connectivity index (χ3n) is 4.14. The van der Waals surface area contributed by atoms with Crippen LogP contribution in [0.25, 0.3) is 0 Å². The molecular formula is C17H23BrFNO. The quantitative estimate of drug-likeness (QED) is 0.726. The lowest BCUT2D eigenvalue weighted by molar-refractivity contribution is 0.0667. The zero-order chi connectivity index (χ0) is 15.4. The molecule has 1 aliphatic carbocycles.